The molecule has 0 aliphatic rings. The van der Waals surface area contributed by atoms with Gasteiger partial charge in [-0.05, 0) is 47.7 Å². The molecule has 0 bridgehead atoms. The highest BCUT2D eigenvalue weighted by Crippen LogP contribution is 2.20. The van der Waals surface area contributed by atoms with E-state index in [0.717, 1.165) is 10.9 Å². The molecule has 4 rings (SSSR count). The number of carboxylic acids is 1. The summed E-state index contributed by atoms with van der Waals surface area (Å²) in [6.07, 6.45) is 2.43. The van der Waals surface area contributed by atoms with Crippen molar-refractivity contribution in [1.29, 1.82) is 0 Å². The largest absolute Gasteiger partial charge is 0.508 e. The normalized spacial score (nSPS) is 13.4. The number of carbonyl (C=O) groups excluding carboxylic acids is 3. The number of aliphatic imine (C=N–C) groups is 1. The van der Waals surface area contributed by atoms with Crippen molar-refractivity contribution in [2.75, 3.05) is 6.54 Å². The first kappa shape index (κ1) is 36.0. The van der Waals surface area contributed by atoms with Gasteiger partial charge >= 0.3 is 5.97 Å². The van der Waals surface area contributed by atoms with E-state index in [4.69, 9.17) is 17.2 Å². The lowest BCUT2D eigenvalue weighted by molar-refractivity contribution is -0.142. The molecule has 14 heteroatoms. The number of hydrogen-bond acceptors (Lipinski definition) is 7. The summed E-state index contributed by atoms with van der Waals surface area (Å²) in [5.74, 6) is -3.30. The number of nitrogens with zero attached hydrogens (tertiary/aromatic N) is 1. The molecule has 12 N–H and O–H groups in total. The Kier molecular flexibility index (Phi) is 12.7. The van der Waals surface area contributed by atoms with Gasteiger partial charge in [-0.1, -0.05) is 60.7 Å². The second-order valence-corrected chi connectivity index (χ2v) is 11.7. The molecule has 0 aliphatic heterocycles. The topological polar surface area (TPSA) is 251 Å². The Morgan fingerprint density at radius 2 is 1.31 bits per heavy atom. The van der Waals surface area contributed by atoms with Crippen LogP contribution in [0.4, 0.5) is 0 Å². The molecule has 1 aromatic heterocycles. The maximum absolute atomic E-state index is 14.0. The van der Waals surface area contributed by atoms with E-state index in [1.807, 2.05) is 24.3 Å². The van der Waals surface area contributed by atoms with Gasteiger partial charge in [0.25, 0.3) is 0 Å². The van der Waals surface area contributed by atoms with Gasteiger partial charge in [0, 0.05) is 42.9 Å². The maximum Gasteiger partial charge on any atom is 0.326 e. The van der Waals surface area contributed by atoms with Crippen molar-refractivity contribution in [3.63, 3.8) is 0 Å². The number of aromatic hydroxyl groups is 1. The third-order valence-corrected chi connectivity index (χ3v) is 7.94. The second-order valence-electron chi connectivity index (χ2n) is 11.7. The monoisotopic (exact) mass is 670 g/mol. The second kappa shape index (κ2) is 17.3. The van der Waals surface area contributed by atoms with E-state index in [1.54, 1.807) is 48.7 Å². The number of carboxylic acid groups (broad SMARTS) is 1. The van der Waals surface area contributed by atoms with Crippen LogP contribution < -0.4 is 33.2 Å². The van der Waals surface area contributed by atoms with Gasteiger partial charge in [-0.2, -0.15) is 0 Å². The Morgan fingerprint density at radius 1 is 0.735 bits per heavy atom. The molecule has 0 spiro atoms. The zero-order valence-electron chi connectivity index (χ0n) is 26.8. The van der Waals surface area contributed by atoms with Crippen LogP contribution >= 0.6 is 0 Å². The number of carbonyl (C=O) groups is 4. The fraction of sp³-hybridized carbons (Fsp3) is 0.286. The van der Waals surface area contributed by atoms with Crippen molar-refractivity contribution in [1.82, 2.24) is 20.9 Å². The Balaban J connectivity index is 1.58. The van der Waals surface area contributed by atoms with Crippen molar-refractivity contribution in [3.05, 3.63) is 102 Å². The Hall–Kier alpha value is -5.89. The number of phenolic OH excluding ortho intramolecular Hbond substituents is 1. The Morgan fingerprint density at radius 3 is 1.98 bits per heavy atom. The molecule has 14 nitrogen and oxygen atoms in total. The number of H-pyrrole nitrogens is 1. The SMILES string of the molecule is NC(N)=NCCCC(N)C(=O)NC(Cc1ccc(O)cc1)C(=O)NC(Cc1c[nH]c2ccccc12)C(=O)NC(Cc1ccccc1)C(=O)O. The summed E-state index contributed by atoms with van der Waals surface area (Å²) < 4.78 is 0. The summed E-state index contributed by atoms with van der Waals surface area (Å²) >= 11 is 0. The minimum Gasteiger partial charge on any atom is -0.508 e. The van der Waals surface area contributed by atoms with Gasteiger partial charge in [0.2, 0.25) is 17.7 Å². The molecule has 4 unspecified atom stereocenters. The summed E-state index contributed by atoms with van der Waals surface area (Å²) in [5.41, 5.74) is 19.7. The maximum atomic E-state index is 14.0. The molecule has 0 aliphatic carbocycles. The molecule has 0 saturated heterocycles. The van der Waals surface area contributed by atoms with Crippen LogP contribution in [0.25, 0.3) is 10.9 Å². The number of rotatable bonds is 17. The van der Waals surface area contributed by atoms with Gasteiger partial charge in [-0.15, -0.1) is 0 Å². The van der Waals surface area contributed by atoms with Crippen molar-refractivity contribution >= 4 is 40.6 Å². The van der Waals surface area contributed by atoms with Crippen LogP contribution in [0.15, 0.2) is 90.1 Å². The number of fused-ring (bicyclic) bond motifs is 1. The number of aliphatic carboxylic acids is 1. The van der Waals surface area contributed by atoms with E-state index in [2.05, 4.69) is 25.9 Å². The highest BCUT2D eigenvalue weighted by Gasteiger charge is 2.31. The number of guanidine groups is 1. The number of nitrogens with two attached hydrogens (primary N) is 3. The van der Waals surface area contributed by atoms with Crippen LogP contribution in [0.2, 0.25) is 0 Å². The van der Waals surface area contributed by atoms with Crippen molar-refractivity contribution < 1.29 is 29.4 Å². The number of amides is 3. The van der Waals surface area contributed by atoms with Crippen LogP contribution in [0, 0.1) is 0 Å². The van der Waals surface area contributed by atoms with E-state index in [1.165, 1.54) is 12.1 Å². The zero-order valence-corrected chi connectivity index (χ0v) is 26.8. The first-order valence-corrected chi connectivity index (χ1v) is 15.8. The minimum atomic E-state index is -1.28. The van der Waals surface area contributed by atoms with Crippen LogP contribution in [-0.4, -0.2) is 75.6 Å². The number of aromatic amines is 1. The van der Waals surface area contributed by atoms with Gasteiger partial charge in [0.1, 0.15) is 23.9 Å². The Bertz CT molecular complexity index is 1750. The third-order valence-electron chi connectivity index (χ3n) is 7.94. The fourth-order valence-electron chi connectivity index (χ4n) is 5.33. The molecular formula is C35H42N8O6. The van der Waals surface area contributed by atoms with Crippen LogP contribution in [0.1, 0.15) is 29.5 Å². The molecule has 0 saturated carbocycles. The fourth-order valence-corrected chi connectivity index (χ4v) is 5.33. The molecule has 4 aromatic rings. The lowest BCUT2D eigenvalue weighted by atomic mass is 10.0. The minimum absolute atomic E-state index is 0.00571. The molecule has 1 heterocycles. The van der Waals surface area contributed by atoms with Gasteiger partial charge < -0.3 is 48.3 Å². The molecule has 49 heavy (non-hydrogen) atoms. The van der Waals surface area contributed by atoms with Gasteiger partial charge in [0.15, 0.2) is 5.96 Å². The molecule has 4 atom stereocenters. The summed E-state index contributed by atoms with van der Waals surface area (Å²) in [5, 5.41) is 28.6. The first-order chi connectivity index (χ1) is 23.5. The van der Waals surface area contributed by atoms with Crippen LogP contribution in [0.5, 0.6) is 5.75 Å². The molecular weight excluding hydrogens is 628 g/mol. The average Bonchev–Trinajstić information content (AvgIpc) is 3.49. The van der Waals surface area contributed by atoms with E-state index in [9.17, 15) is 29.4 Å². The van der Waals surface area contributed by atoms with E-state index in [-0.39, 0.29) is 43.9 Å². The van der Waals surface area contributed by atoms with Crippen molar-refractivity contribution in [2.24, 2.45) is 22.2 Å². The number of nitrogens with one attached hydrogen (secondary N) is 4. The van der Waals surface area contributed by atoms with E-state index >= 15 is 0 Å². The summed E-state index contributed by atoms with van der Waals surface area (Å²) in [4.78, 5) is 60.2. The quantitative estimate of drug-likeness (QED) is 0.0437. The smallest absolute Gasteiger partial charge is 0.326 e. The van der Waals surface area contributed by atoms with Gasteiger partial charge in [0.05, 0.1) is 6.04 Å². The van der Waals surface area contributed by atoms with Gasteiger partial charge in [-0.25, -0.2) is 4.79 Å². The number of para-hydroxylation sites is 1. The predicted octanol–water partition coefficient (Wildman–Crippen LogP) is 0.821. The highest BCUT2D eigenvalue weighted by molar-refractivity contribution is 5.95. The number of aromatic nitrogens is 1. The summed E-state index contributed by atoms with van der Waals surface area (Å²) in [7, 11) is 0. The first-order valence-electron chi connectivity index (χ1n) is 15.8. The lowest BCUT2D eigenvalue weighted by Crippen LogP contribution is -2.58. The van der Waals surface area contributed by atoms with Crippen LogP contribution in [-0.2, 0) is 38.4 Å². The predicted molar refractivity (Wildman–Crippen MR) is 185 cm³/mol. The molecule has 0 radical (unpaired) electrons. The number of benzene rings is 3. The Labute approximate surface area is 283 Å². The van der Waals surface area contributed by atoms with Gasteiger partial charge in [-0.3, -0.25) is 19.4 Å². The molecule has 3 amide bonds. The number of phenols is 1. The summed E-state index contributed by atoms with van der Waals surface area (Å²) in [6.45, 7) is 0.271. The molecule has 258 valence electrons. The standard InChI is InChI=1S/C35H42N8O6/c36-26(10-6-16-39-35(37)38)31(45)41-28(17-22-12-14-24(44)15-13-22)32(46)42-29(19-23-20-40-27-11-5-4-9-25(23)27)33(47)43-30(34(48)49)18-21-7-2-1-3-8-21/h1-5,7-9,11-15,20,26,28-30,40,44H,6,10,16-19,36H2,(H,41,45)(H,42,46)(H,43,47)(H,48,49)(H4,37,38,39). The van der Waals surface area contributed by atoms with E-state index < -0.39 is 47.9 Å². The third kappa shape index (κ3) is 10.8. The van der Waals surface area contributed by atoms with Crippen LogP contribution in [0.3, 0.4) is 0 Å². The number of hydrogen-bond donors (Lipinski definition) is 9. The molecule has 0 fully saturated rings. The van der Waals surface area contributed by atoms with Crippen molar-refractivity contribution in [2.45, 2.75) is 56.3 Å². The zero-order chi connectivity index (χ0) is 35.3. The lowest BCUT2D eigenvalue weighted by Gasteiger charge is -2.25. The van der Waals surface area contributed by atoms with E-state index in [0.29, 0.717) is 23.1 Å². The average molecular weight is 671 g/mol. The van der Waals surface area contributed by atoms with Crippen molar-refractivity contribution in [3.8, 4) is 5.75 Å². The molecule has 3 aromatic carbocycles. The highest BCUT2D eigenvalue weighted by atomic mass is 16.4. The summed E-state index contributed by atoms with van der Waals surface area (Å²) in [6, 6.07) is 17.8.